The first-order chi connectivity index (χ1) is 13.5. The molecule has 0 saturated heterocycles. The van der Waals surface area contributed by atoms with E-state index in [0.29, 0.717) is 16.3 Å². The van der Waals surface area contributed by atoms with Crippen LogP contribution in [0.15, 0.2) is 54.2 Å². The number of benzene rings is 2. The fourth-order valence-electron chi connectivity index (χ4n) is 3.18. The summed E-state index contributed by atoms with van der Waals surface area (Å²) in [6.07, 6.45) is 4.34. The maximum atomic E-state index is 6.31. The molecule has 0 atom stereocenters. The number of nitrogens with zero attached hydrogens (tertiary/aromatic N) is 4. The number of aliphatic imine (C=N–C) groups is 1. The predicted octanol–water partition coefficient (Wildman–Crippen LogP) is 4.66. The number of aromatic nitrogens is 3. The molecule has 3 N–H and O–H groups in total. The monoisotopic (exact) mass is 392 g/mol. The number of aromatic amines is 1. The summed E-state index contributed by atoms with van der Waals surface area (Å²) >= 11 is 5.49. The molecule has 0 aliphatic carbocycles. The summed E-state index contributed by atoms with van der Waals surface area (Å²) in [6, 6.07) is 12.0. The van der Waals surface area contributed by atoms with E-state index in [-0.39, 0.29) is 0 Å². The van der Waals surface area contributed by atoms with Crippen molar-refractivity contribution in [2.45, 2.75) is 20.3 Å². The van der Waals surface area contributed by atoms with Crippen molar-refractivity contribution in [2.24, 2.45) is 4.99 Å². The first kappa shape index (κ1) is 19.6. The lowest BCUT2D eigenvalue weighted by Gasteiger charge is -2.15. The Hall–Kier alpha value is -3.19. The molecule has 0 radical (unpaired) electrons. The molecule has 0 aliphatic rings. The first-order valence-corrected chi connectivity index (χ1v) is 9.41. The van der Waals surface area contributed by atoms with Crippen LogP contribution in [0, 0.1) is 11.7 Å². The van der Waals surface area contributed by atoms with E-state index in [1.165, 1.54) is 11.1 Å². The quantitative estimate of drug-likeness (QED) is 0.277. The van der Waals surface area contributed by atoms with Crippen molar-refractivity contribution in [3.05, 3.63) is 65.1 Å². The number of aryl methyl sites for hydroxylation is 2. The average Bonchev–Trinajstić information content (AvgIpc) is 3.07. The van der Waals surface area contributed by atoms with Gasteiger partial charge in [-0.25, -0.2) is 0 Å². The lowest BCUT2D eigenvalue weighted by atomic mass is 10.0. The zero-order valence-corrected chi connectivity index (χ0v) is 17.1. The predicted molar refractivity (Wildman–Crippen MR) is 120 cm³/mol. The van der Waals surface area contributed by atoms with Crippen LogP contribution >= 0.6 is 12.2 Å². The number of anilines is 2. The lowest BCUT2D eigenvalue weighted by molar-refractivity contribution is 1.03. The van der Waals surface area contributed by atoms with Crippen molar-refractivity contribution in [3.63, 3.8) is 0 Å². The van der Waals surface area contributed by atoms with Gasteiger partial charge in [0.2, 0.25) is 0 Å². The third-order valence-corrected chi connectivity index (χ3v) is 4.92. The van der Waals surface area contributed by atoms with Crippen LogP contribution in [0.4, 0.5) is 11.4 Å². The Labute approximate surface area is 170 Å². The van der Waals surface area contributed by atoms with Gasteiger partial charge in [-0.1, -0.05) is 13.5 Å². The largest absolute Gasteiger partial charge is 0.398 e. The molecule has 1 aromatic heterocycles. The number of H-pyrrole nitrogens is 1. The number of nitrogen functional groups attached to an aromatic ring is 1. The van der Waals surface area contributed by atoms with E-state index in [4.69, 9.17) is 18.0 Å². The van der Waals surface area contributed by atoms with Crippen LogP contribution in [0.1, 0.15) is 18.1 Å². The minimum atomic E-state index is 0.511. The topological polar surface area (TPSA) is 75.2 Å². The number of hydrogen-bond donors (Lipinski definition) is 2. The Balaban J connectivity index is 2.10. The third kappa shape index (κ3) is 3.61. The molecule has 6 nitrogen and oxygen atoms in total. The molecule has 0 unspecified atom stereocenters. The van der Waals surface area contributed by atoms with Gasteiger partial charge in [0.05, 0.1) is 12.0 Å². The summed E-state index contributed by atoms with van der Waals surface area (Å²) in [5, 5.41) is 7.34. The second-order valence-electron chi connectivity index (χ2n) is 6.39. The van der Waals surface area contributed by atoms with Crippen molar-refractivity contribution in [2.75, 3.05) is 17.7 Å². The van der Waals surface area contributed by atoms with Crippen LogP contribution in [0.2, 0.25) is 0 Å². The summed E-state index contributed by atoms with van der Waals surface area (Å²) in [5.41, 5.74) is 12.1. The summed E-state index contributed by atoms with van der Waals surface area (Å²) in [7, 11) is 1.72. The molecule has 0 amide bonds. The number of hydrogen-bond acceptors (Lipinski definition) is 4. The van der Waals surface area contributed by atoms with Crippen molar-refractivity contribution >= 4 is 29.9 Å². The van der Waals surface area contributed by atoms with E-state index in [1.54, 1.807) is 19.6 Å². The Morgan fingerprint density at radius 1 is 1.32 bits per heavy atom. The van der Waals surface area contributed by atoms with E-state index in [0.717, 1.165) is 23.4 Å². The van der Waals surface area contributed by atoms with Gasteiger partial charge in [0.15, 0.2) is 10.6 Å². The van der Waals surface area contributed by atoms with E-state index < -0.39 is 0 Å². The Kier molecular flexibility index (Phi) is 5.75. The van der Waals surface area contributed by atoms with Gasteiger partial charge >= 0.3 is 0 Å². The molecule has 3 aromatic rings. The molecule has 144 valence electrons. The summed E-state index contributed by atoms with van der Waals surface area (Å²) in [6.45, 7) is 8.01. The number of nitrogens with two attached hydrogens (primary N) is 1. The third-order valence-electron chi connectivity index (χ3n) is 4.64. The zero-order chi connectivity index (χ0) is 20.3. The molecular weight excluding hydrogens is 368 g/mol. The molecule has 7 heteroatoms. The minimum absolute atomic E-state index is 0.511. The van der Waals surface area contributed by atoms with E-state index >= 15 is 0 Å². The fourth-order valence-corrected chi connectivity index (χ4v) is 3.42. The summed E-state index contributed by atoms with van der Waals surface area (Å²) < 4.78 is 2.41. The SMILES string of the molecule is C=CN(C=NC)c1ccc(-n2c(-c3cc(CC)c(C)cc3N)n[nH]c2=S)cc1. The lowest BCUT2D eigenvalue weighted by Crippen LogP contribution is -2.12. The highest BCUT2D eigenvalue weighted by Crippen LogP contribution is 2.30. The van der Waals surface area contributed by atoms with Crippen LogP contribution in [0.5, 0.6) is 0 Å². The highest BCUT2D eigenvalue weighted by molar-refractivity contribution is 7.71. The van der Waals surface area contributed by atoms with Gasteiger partial charge in [-0.05, 0) is 73.1 Å². The molecule has 0 aliphatic heterocycles. The molecule has 3 rings (SSSR count). The van der Waals surface area contributed by atoms with Crippen molar-refractivity contribution in [1.82, 2.24) is 14.8 Å². The van der Waals surface area contributed by atoms with Gasteiger partial charge in [0.25, 0.3) is 0 Å². The van der Waals surface area contributed by atoms with Crippen molar-refractivity contribution < 1.29 is 0 Å². The normalized spacial score (nSPS) is 11.1. The van der Waals surface area contributed by atoms with Gasteiger partial charge in [-0.2, -0.15) is 5.10 Å². The highest BCUT2D eigenvalue weighted by Gasteiger charge is 2.15. The van der Waals surface area contributed by atoms with Crippen LogP contribution in [-0.2, 0) is 6.42 Å². The maximum Gasteiger partial charge on any atom is 0.200 e. The average molecular weight is 393 g/mol. The Morgan fingerprint density at radius 3 is 2.64 bits per heavy atom. The fraction of sp³-hybridized carbons (Fsp3) is 0.190. The molecular formula is C21H24N6S. The Morgan fingerprint density at radius 2 is 2.04 bits per heavy atom. The minimum Gasteiger partial charge on any atom is -0.398 e. The van der Waals surface area contributed by atoms with Crippen LogP contribution in [0.25, 0.3) is 17.1 Å². The van der Waals surface area contributed by atoms with Gasteiger partial charge in [-0.3, -0.25) is 14.7 Å². The molecule has 0 fully saturated rings. The molecule has 1 heterocycles. The molecule has 0 saturated carbocycles. The standard InChI is InChI=1S/C21H24N6S/c1-5-15-12-18(19(22)11-14(15)3)20-24-25-21(28)27(20)17-9-7-16(8-10-17)26(6-2)13-23-4/h6-13H,2,5,22H2,1,3-4H3,(H,25,28). The van der Waals surface area contributed by atoms with Crippen LogP contribution < -0.4 is 10.6 Å². The highest BCUT2D eigenvalue weighted by atomic mass is 32.1. The summed E-state index contributed by atoms with van der Waals surface area (Å²) in [5.74, 6) is 0.695. The molecule has 0 spiro atoms. The van der Waals surface area contributed by atoms with Gasteiger partial charge < -0.3 is 10.6 Å². The molecule has 2 aromatic carbocycles. The second kappa shape index (κ2) is 8.22. The second-order valence-corrected chi connectivity index (χ2v) is 6.77. The maximum absolute atomic E-state index is 6.31. The van der Waals surface area contributed by atoms with Gasteiger partial charge in [-0.15, -0.1) is 0 Å². The van der Waals surface area contributed by atoms with Crippen molar-refractivity contribution in [1.29, 1.82) is 0 Å². The van der Waals surface area contributed by atoms with Gasteiger partial charge in [0, 0.05) is 30.2 Å². The van der Waals surface area contributed by atoms with Crippen molar-refractivity contribution in [3.8, 4) is 17.1 Å². The Bertz CT molecular complexity index is 1080. The van der Waals surface area contributed by atoms with E-state index in [1.807, 2.05) is 39.8 Å². The summed E-state index contributed by atoms with van der Waals surface area (Å²) in [4.78, 5) is 5.87. The van der Waals surface area contributed by atoms with E-state index in [9.17, 15) is 0 Å². The smallest absolute Gasteiger partial charge is 0.200 e. The van der Waals surface area contributed by atoms with Crippen LogP contribution in [-0.4, -0.2) is 28.2 Å². The zero-order valence-electron chi connectivity index (χ0n) is 16.3. The number of rotatable bonds is 6. The van der Waals surface area contributed by atoms with Gasteiger partial charge in [0.1, 0.15) is 0 Å². The molecule has 0 bridgehead atoms. The van der Waals surface area contributed by atoms with E-state index in [2.05, 4.69) is 41.7 Å². The van der Waals surface area contributed by atoms with Crippen LogP contribution in [0.3, 0.4) is 0 Å². The number of nitrogens with one attached hydrogen (secondary N) is 1. The molecule has 28 heavy (non-hydrogen) atoms. The first-order valence-electron chi connectivity index (χ1n) is 9.00.